The van der Waals surface area contributed by atoms with E-state index in [0.717, 1.165) is 5.56 Å². The van der Waals surface area contributed by atoms with Crippen molar-refractivity contribution in [3.63, 3.8) is 0 Å². The highest BCUT2D eigenvalue weighted by Gasteiger charge is 2.38. The number of para-hydroxylation sites is 2. The number of alkyl halides is 3. The van der Waals surface area contributed by atoms with Gasteiger partial charge in [-0.25, -0.2) is 9.59 Å². The number of hydrogen-bond acceptors (Lipinski definition) is 6. The number of carbonyl (C=O) groups excluding carboxylic acids is 2. The highest BCUT2D eigenvalue weighted by Crippen LogP contribution is 2.33. The summed E-state index contributed by atoms with van der Waals surface area (Å²) in [6, 6.07) is 9.17. The number of carbonyl (C=O) groups is 4. The summed E-state index contributed by atoms with van der Waals surface area (Å²) < 4.78 is 37.3. The fourth-order valence-corrected chi connectivity index (χ4v) is 2.86. The van der Waals surface area contributed by atoms with Crippen LogP contribution in [-0.4, -0.2) is 63.8 Å². The topological polar surface area (TPSA) is 146 Å². The molecule has 182 valence electrons. The molecule has 10 nitrogen and oxygen atoms in total. The van der Waals surface area contributed by atoms with Gasteiger partial charge >= 0.3 is 18.1 Å². The fraction of sp³-hybridized carbons (Fsp3) is 0.286. The molecule has 34 heavy (non-hydrogen) atoms. The van der Waals surface area contributed by atoms with E-state index in [1.807, 2.05) is 0 Å². The molecule has 1 aromatic heterocycles. The molecule has 0 fully saturated rings. The summed E-state index contributed by atoms with van der Waals surface area (Å²) in [4.78, 5) is 50.5. The first-order valence-electron chi connectivity index (χ1n) is 9.68. The Kier molecular flexibility index (Phi) is 8.53. The van der Waals surface area contributed by atoms with Crippen LogP contribution in [0.1, 0.15) is 12.5 Å². The van der Waals surface area contributed by atoms with Gasteiger partial charge in [0.25, 0.3) is 5.91 Å². The molecule has 2 aromatic rings. The maximum atomic E-state index is 12.5. The van der Waals surface area contributed by atoms with Gasteiger partial charge in [0.15, 0.2) is 6.10 Å². The van der Waals surface area contributed by atoms with Gasteiger partial charge in [-0.15, -0.1) is 0 Å². The summed E-state index contributed by atoms with van der Waals surface area (Å²) in [6.07, 6.45) is -2.57. The second-order valence-electron chi connectivity index (χ2n) is 6.97. The molecule has 0 aliphatic carbocycles. The van der Waals surface area contributed by atoms with Gasteiger partial charge in [0.2, 0.25) is 5.91 Å². The maximum absolute atomic E-state index is 12.5. The van der Waals surface area contributed by atoms with Gasteiger partial charge in [0, 0.05) is 18.8 Å². The summed E-state index contributed by atoms with van der Waals surface area (Å²) in [5, 5.41) is 19.0. The van der Waals surface area contributed by atoms with E-state index in [9.17, 15) is 32.7 Å². The average molecular weight is 483 g/mol. The first kappa shape index (κ1) is 26.1. The third-order valence-electron chi connectivity index (χ3n) is 4.44. The number of amides is 2. The molecule has 0 bridgehead atoms. The number of aromatic nitrogens is 1. The van der Waals surface area contributed by atoms with Crippen LogP contribution in [0.2, 0.25) is 0 Å². The zero-order chi connectivity index (χ0) is 25.5. The van der Waals surface area contributed by atoms with E-state index in [-0.39, 0.29) is 18.9 Å². The number of benzene rings is 1. The van der Waals surface area contributed by atoms with E-state index in [1.54, 1.807) is 55.7 Å². The van der Waals surface area contributed by atoms with E-state index in [4.69, 9.17) is 14.6 Å². The largest absolute Gasteiger partial charge is 0.490 e. The number of fused-ring (bicyclic) bond motifs is 1. The fourth-order valence-electron chi connectivity index (χ4n) is 2.86. The smallest absolute Gasteiger partial charge is 0.480 e. The Labute approximate surface area is 191 Å². The lowest BCUT2D eigenvalue weighted by molar-refractivity contribution is -0.192. The number of halogens is 3. The quantitative estimate of drug-likeness (QED) is 0.562. The van der Waals surface area contributed by atoms with Gasteiger partial charge in [-0.3, -0.25) is 19.5 Å². The summed E-state index contributed by atoms with van der Waals surface area (Å²) in [5.41, 5.74) is 1.22. The molecule has 3 rings (SSSR count). The Morgan fingerprint density at radius 1 is 1.15 bits per heavy atom. The maximum Gasteiger partial charge on any atom is 0.490 e. The highest BCUT2D eigenvalue weighted by atomic mass is 19.4. The molecule has 1 aromatic carbocycles. The summed E-state index contributed by atoms with van der Waals surface area (Å²) in [5.74, 6) is -4.32. The van der Waals surface area contributed by atoms with E-state index in [0.29, 0.717) is 11.4 Å². The number of carboxylic acids is 2. The standard InChI is InChI=1S/C19H19N3O5.C2HF3O2/c1-12-18(24)22(15-4-2-3-5-16(15)27-12)11-17(23)21-14(19(25)26)10-13-6-8-20-9-7-13;3-2(4,5)1(6)7/h2-9,12,14H,10-11H2,1H3,(H,21,23)(H,25,26);(H,6,7). The second kappa shape index (κ2) is 11.1. The number of nitrogens with zero attached hydrogens (tertiary/aromatic N) is 2. The Morgan fingerprint density at radius 3 is 2.29 bits per heavy atom. The SMILES string of the molecule is CC1Oc2ccccc2N(CC(=O)NC(Cc2ccncc2)C(=O)O)C1=O.O=C(O)C(F)(F)F. The number of anilines is 1. The van der Waals surface area contributed by atoms with E-state index in [1.165, 1.54) is 4.90 Å². The molecule has 0 saturated carbocycles. The molecular formula is C21H20F3N3O7. The number of hydrogen-bond donors (Lipinski definition) is 3. The molecule has 2 unspecified atom stereocenters. The summed E-state index contributed by atoms with van der Waals surface area (Å²) in [6.45, 7) is 1.32. The predicted molar refractivity (Wildman–Crippen MR) is 110 cm³/mol. The minimum Gasteiger partial charge on any atom is -0.480 e. The lowest BCUT2D eigenvalue weighted by atomic mass is 10.1. The van der Waals surface area contributed by atoms with Crippen LogP contribution in [0.4, 0.5) is 18.9 Å². The minimum absolute atomic E-state index is 0.119. The van der Waals surface area contributed by atoms with Crippen LogP contribution in [0.3, 0.4) is 0 Å². The number of carboxylic acid groups (broad SMARTS) is 2. The first-order valence-corrected chi connectivity index (χ1v) is 9.68. The zero-order valence-electron chi connectivity index (χ0n) is 17.7. The van der Waals surface area contributed by atoms with E-state index < -0.39 is 36.2 Å². The third-order valence-corrected chi connectivity index (χ3v) is 4.44. The second-order valence-corrected chi connectivity index (χ2v) is 6.97. The molecule has 1 aliphatic rings. The van der Waals surface area contributed by atoms with Crippen molar-refractivity contribution in [1.29, 1.82) is 0 Å². The van der Waals surface area contributed by atoms with Crippen molar-refractivity contribution < 1.29 is 47.3 Å². The van der Waals surface area contributed by atoms with Crippen molar-refractivity contribution in [3.8, 4) is 5.75 Å². The van der Waals surface area contributed by atoms with Gasteiger partial charge in [0.05, 0.1) is 5.69 Å². The average Bonchev–Trinajstić information content (AvgIpc) is 2.77. The van der Waals surface area contributed by atoms with E-state index >= 15 is 0 Å². The van der Waals surface area contributed by atoms with Gasteiger partial charge in [-0.2, -0.15) is 13.2 Å². The number of pyridine rings is 1. The van der Waals surface area contributed by atoms with Crippen molar-refractivity contribution in [2.45, 2.75) is 31.7 Å². The molecule has 2 amide bonds. The number of ether oxygens (including phenoxy) is 1. The summed E-state index contributed by atoms with van der Waals surface area (Å²) >= 11 is 0. The van der Waals surface area contributed by atoms with Gasteiger partial charge < -0.3 is 20.3 Å². The number of nitrogens with one attached hydrogen (secondary N) is 1. The van der Waals surface area contributed by atoms with E-state index in [2.05, 4.69) is 10.3 Å². The van der Waals surface area contributed by atoms with Crippen LogP contribution >= 0.6 is 0 Å². The first-order chi connectivity index (χ1) is 15.9. The molecule has 0 spiro atoms. The van der Waals surface area contributed by atoms with Crippen molar-refractivity contribution in [2.24, 2.45) is 0 Å². The Hall–Kier alpha value is -4.16. The Bertz CT molecular complexity index is 1050. The van der Waals surface area contributed by atoms with Crippen molar-refractivity contribution >= 4 is 29.4 Å². The molecule has 0 radical (unpaired) electrons. The van der Waals surface area contributed by atoms with Crippen molar-refractivity contribution in [3.05, 3.63) is 54.4 Å². The van der Waals surface area contributed by atoms with Crippen LogP contribution in [0, 0.1) is 0 Å². The minimum atomic E-state index is -5.08. The normalized spacial score (nSPS) is 15.7. The van der Waals surface area contributed by atoms with Gasteiger partial charge in [-0.1, -0.05) is 12.1 Å². The van der Waals surface area contributed by atoms with Crippen LogP contribution in [-0.2, 0) is 25.6 Å². The molecule has 0 saturated heterocycles. The lowest BCUT2D eigenvalue weighted by Gasteiger charge is -2.32. The van der Waals surface area contributed by atoms with Crippen LogP contribution < -0.4 is 15.0 Å². The monoisotopic (exact) mass is 483 g/mol. The predicted octanol–water partition coefficient (Wildman–Crippen LogP) is 1.64. The molecule has 3 N–H and O–H groups in total. The number of aliphatic carboxylic acids is 2. The Morgan fingerprint density at radius 2 is 1.74 bits per heavy atom. The zero-order valence-corrected chi connectivity index (χ0v) is 17.7. The molecule has 13 heteroatoms. The lowest BCUT2D eigenvalue weighted by Crippen LogP contribution is -2.51. The van der Waals surface area contributed by atoms with Crippen molar-refractivity contribution in [2.75, 3.05) is 11.4 Å². The molecule has 1 aliphatic heterocycles. The van der Waals surface area contributed by atoms with Crippen LogP contribution in [0.15, 0.2) is 48.8 Å². The molecule has 2 heterocycles. The molecule has 2 atom stereocenters. The van der Waals surface area contributed by atoms with Gasteiger partial charge in [0.1, 0.15) is 18.3 Å². The van der Waals surface area contributed by atoms with Crippen LogP contribution in [0.25, 0.3) is 0 Å². The molecular weight excluding hydrogens is 463 g/mol. The van der Waals surface area contributed by atoms with Crippen molar-refractivity contribution in [1.82, 2.24) is 10.3 Å². The number of rotatable bonds is 6. The summed E-state index contributed by atoms with van der Waals surface area (Å²) in [7, 11) is 0. The third kappa shape index (κ3) is 7.18. The highest BCUT2D eigenvalue weighted by molar-refractivity contribution is 6.04. The van der Waals surface area contributed by atoms with Crippen LogP contribution in [0.5, 0.6) is 5.75 Å². The van der Waals surface area contributed by atoms with Gasteiger partial charge in [-0.05, 0) is 36.8 Å². The Balaban J connectivity index is 0.000000509.